The summed E-state index contributed by atoms with van der Waals surface area (Å²) in [5, 5.41) is 12.4. The number of carbonyl (C=O) groups is 2. The van der Waals surface area contributed by atoms with Crippen LogP contribution in [0.15, 0.2) is 42.5 Å². The summed E-state index contributed by atoms with van der Waals surface area (Å²) >= 11 is 0. The fourth-order valence-corrected chi connectivity index (χ4v) is 3.78. The highest BCUT2D eigenvalue weighted by Gasteiger charge is 2.47. The van der Waals surface area contributed by atoms with E-state index in [9.17, 15) is 14.7 Å². The van der Waals surface area contributed by atoms with Gasteiger partial charge in [0.05, 0.1) is 11.8 Å². The van der Waals surface area contributed by atoms with Gasteiger partial charge in [0.15, 0.2) is 0 Å². The van der Waals surface area contributed by atoms with E-state index < -0.39 is 17.8 Å². The number of allylic oxidation sites excluding steroid dienone is 2. The fourth-order valence-electron chi connectivity index (χ4n) is 3.78. The maximum atomic E-state index is 12.5. The molecule has 3 aliphatic rings. The molecule has 0 heterocycles. The topological polar surface area (TPSA) is 66.4 Å². The summed E-state index contributed by atoms with van der Waals surface area (Å²) in [6, 6.07) is 9.96. The van der Waals surface area contributed by atoms with Crippen molar-refractivity contribution in [2.24, 2.45) is 23.7 Å². The first kappa shape index (κ1) is 14.8. The molecule has 4 heteroatoms. The SMILES string of the molecule is O=C(O)[C@@H]1[C@@H](C(=O)NCCc2ccccc2)[C@H]2C=C[C@H]1CC2. The number of amides is 1. The van der Waals surface area contributed by atoms with Crippen molar-refractivity contribution in [1.29, 1.82) is 0 Å². The number of nitrogens with one attached hydrogen (secondary N) is 1. The molecule has 1 saturated carbocycles. The molecule has 1 aromatic carbocycles. The minimum Gasteiger partial charge on any atom is -0.481 e. The van der Waals surface area contributed by atoms with Crippen LogP contribution in [-0.2, 0) is 16.0 Å². The van der Waals surface area contributed by atoms with Crippen molar-refractivity contribution >= 4 is 11.9 Å². The first-order chi connectivity index (χ1) is 10.7. The van der Waals surface area contributed by atoms with Crippen LogP contribution in [0.25, 0.3) is 0 Å². The quantitative estimate of drug-likeness (QED) is 0.820. The van der Waals surface area contributed by atoms with Crippen LogP contribution in [0.5, 0.6) is 0 Å². The molecule has 3 aliphatic carbocycles. The molecule has 0 unspecified atom stereocenters. The molecule has 22 heavy (non-hydrogen) atoms. The lowest BCUT2D eigenvalue weighted by molar-refractivity contribution is -0.152. The number of benzene rings is 1. The first-order valence-corrected chi connectivity index (χ1v) is 7.89. The van der Waals surface area contributed by atoms with E-state index in [0.29, 0.717) is 6.54 Å². The average Bonchev–Trinajstić information content (AvgIpc) is 2.55. The average molecular weight is 299 g/mol. The van der Waals surface area contributed by atoms with Crippen molar-refractivity contribution in [1.82, 2.24) is 5.32 Å². The maximum absolute atomic E-state index is 12.5. The Morgan fingerprint density at radius 2 is 1.68 bits per heavy atom. The Balaban J connectivity index is 1.61. The second kappa shape index (κ2) is 6.34. The number of carboxylic acid groups (broad SMARTS) is 1. The summed E-state index contributed by atoms with van der Waals surface area (Å²) < 4.78 is 0. The second-order valence-electron chi connectivity index (χ2n) is 6.21. The molecule has 0 radical (unpaired) electrons. The molecule has 1 aromatic rings. The number of carbonyl (C=O) groups excluding carboxylic acids is 1. The smallest absolute Gasteiger partial charge is 0.307 e. The summed E-state index contributed by atoms with van der Waals surface area (Å²) in [6.45, 7) is 0.548. The molecule has 4 atom stereocenters. The second-order valence-corrected chi connectivity index (χ2v) is 6.21. The van der Waals surface area contributed by atoms with Gasteiger partial charge in [-0.3, -0.25) is 9.59 Å². The molecule has 2 bridgehead atoms. The Morgan fingerprint density at radius 1 is 1.05 bits per heavy atom. The highest BCUT2D eigenvalue weighted by molar-refractivity contribution is 5.86. The van der Waals surface area contributed by atoms with Gasteiger partial charge < -0.3 is 10.4 Å². The predicted octanol–water partition coefficient (Wildman–Crippen LogP) is 2.26. The van der Waals surface area contributed by atoms with Crippen LogP contribution < -0.4 is 5.32 Å². The van der Waals surface area contributed by atoms with E-state index in [0.717, 1.165) is 19.3 Å². The summed E-state index contributed by atoms with van der Waals surface area (Å²) in [5.74, 6) is -1.86. The minimum atomic E-state index is -0.845. The van der Waals surface area contributed by atoms with E-state index >= 15 is 0 Å². The van der Waals surface area contributed by atoms with Gasteiger partial charge in [0.25, 0.3) is 0 Å². The largest absolute Gasteiger partial charge is 0.481 e. The van der Waals surface area contributed by atoms with E-state index in [1.165, 1.54) is 5.56 Å². The summed E-state index contributed by atoms with van der Waals surface area (Å²) in [4.78, 5) is 24.0. The predicted molar refractivity (Wildman–Crippen MR) is 83.1 cm³/mol. The highest BCUT2D eigenvalue weighted by Crippen LogP contribution is 2.44. The Bertz CT molecular complexity index is 581. The number of hydrogen-bond acceptors (Lipinski definition) is 2. The van der Waals surface area contributed by atoms with E-state index in [1.807, 2.05) is 42.5 Å². The van der Waals surface area contributed by atoms with Gasteiger partial charge >= 0.3 is 5.97 Å². The lowest BCUT2D eigenvalue weighted by Gasteiger charge is -2.41. The molecular weight excluding hydrogens is 278 g/mol. The molecule has 2 N–H and O–H groups in total. The number of rotatable bonds is 5. The van der Waals surface area contributed by atoms with Gasteiger partial charge in [0, 0.05) is 6.54 Å². The third kappa shape index (κ3) is 2.91. The van der Waals surface area contributed by atoms with Crippen LogP contribution in [0.2, 0.25) is 0 Å². The van der Waals surface area contributed by atoms with Gasteiger partial charge in [-0.1, -0.05) is 42.5 Å². The maximum Gasteiger partial charge on any atom is 0.307 e. The van der Waals surface area contributed by atoms with Gasteiger partial charge in [0.1, 0.15) is 0 Å². The molecule has 0 aromatic heterocycles. The van der Waals surface area contributed by atoms with E-state index in [-0.39, 0.29) is 17.7 Å². The number of fused-ring (bicyclic) bond motifs is 2. The van der Waals surface area contributed by atoms with Crippen molar-refractivity contribution in [2.75, 3.05) is 6.54 Å². The van der Waals surface area contributed by atoms with Crippen LogP contribution in [0.4, 0.5) is 0 Å². The van der Waals surface area contributed by atoms with Crippen LogP contribution in [-0.4, -0.2) is 23.5 Å². The lowest BCUT2D eigenvalue weighted by atomic mass is 9.62. The minimum absolute atomic E-state index is 0.00683. The Kier molecular flexibility index (Phi) is 4.27. The Labute approximate surface area is 130 Å². The van der Waals surface area contributed by atoms with Crippen molar-refractivity contribution in [3.8, 4) is 0 Å². The van der Waals surface area contributed by atoms with E-state index in [4.69, 9.17) is 0 Å². The van der Waals surface area contributed by atoms with Crippen molar-refractivity contribution in [2.45, 2.75) is 19.3 Å². The molecule has 0 aliphatic heterocycles. The van der Waals surface area contributed by atoms with E-state index in [1.54, 1.807) is 0 Å². The molecule has 0 saturated heterocycles. The molecular formula is C18H21NO3. The normalized spacial score (nSPS) is 29.3. The summed E-state index contributed by atoms with van der Waals surface area (Å²) in [7, 11) is 0. The Hall–Kier alpha value is -2.10. The molecule has 1 fully saturated rings. The van der Waals surface area contributed by atoms with E-state index in [2.05, 4.69) is 5.32 Å². The number of aliphatic carboxylic acids is 1. The summed E-state index contributed by atoms with van der Waals surface area (Å²) in [6.07, 6.45) is 6.59. The van der Waals surface area contributed by atoms with Crippen molar-refractivity contribution in [3.05, 3.63) is 48.0 Å². The zero-order valence-electron chi connectivity index (χ0n) is 12.4. The molecule has 0 spiro atoms. The first-order valence-electron chi connectivity index (χ1n) is 7.89. The van der Waals surface area contributed by atoms with Crippen LogP contribution in [0, 0.1) is 23.7 Å². The lowest BCUT2D eigenvalue weighted by Crippen LogP contribution is -2.49. The molecule has 4 rings (SSSR count). The monoisotopic (exact) mass is 299 g/mol. The van der Waals surface area contributed by atoms with Gasteiger partial charge in [-0.25, -0.2) is 0 Å². The Morgan fingerprint density at radius 3 is 2.27 bits per heavy atom. The molecule has 116 valence electrons. The summed E-state index contributed by atoms with van der Waals surface area (Å²) in [5.41, 5.74) is 1.17. The van der Waals surface area contributed by atoms with Crippen molar-refractivity contribution in [3.63, 3.8) is 0 Å². The zero-order valence-corrected chi connectivity index (χ0v) is 12.4. The number of carboxylic acids is 1. The molecule has 1 amide bonds. The third-order valence-electron chi connectivity index (χ3n) is 4.89. The number of hydrogen-bond donors (Lipinski definition) is 2. The van der Waals surface area contributed by atoms with Crippen molar-refractivity contribution < 1.29 is 14.7 Å². The molecule has 4 nitrogen and oxygen atoms in total. The highest BCUT2D eigenvalue weighted by atomic mass is 16.4. The van der Waals surface area contributed by atoms with Gasteiger partial charge in [-0.2, -0.15) is 0 Å². The zero-order chi connectivity index (χ0) is 15.5. The third-order valence-corrected chi connectivity index (χ3v) is 4.89. The van der Waals surface area contributed by atoms with Gasteiger partial charge in [-0.15, -0.1) is 0 Å². The van der Waals surface area contributed by atoms with Crippen LogP contribution >= 0.6 is 0 Å². The fraction of sp³-hybridized carbons (Fsp3) is 0.444. The van der Waals surface area contributed by atoms with Gasteiger partial charge in [0.2, 0.25) is 5.91 Å². The standard InChI is InChI=1S/C18H21NO3/c20-17(19-11-10-12-4-2-1-3-5-12)15-13-6-8-14(9-7-13)16(15)18(21)22/h1-6,8,13-16H,7,9-11H2,(H,19,20)(H,21,22)/t13-,14-,15-,16-/m0/s1. The van der Waals surface area contributed by atoms with Crippen LogP contribution in [0.1, 0.15) is 18.4 Å². The van der Waals surface area contributed by atoms with Crippen LogP contribution in [0.3, 0.4) is 0 Å². The van der Waals surface area contributed by atoms with Gasteiger partial charge in [-0.05, 0) is 36.7 Å².